The number of hydrogen-bond acceptors (Lipinski definition) is 2. The van der Waals surface area contributed by atoms with Crippen LogP contribution < -0.4 is 0 Å². The summed E-state index contributed by atoms with van der Waals surface area (Å²) in [5, 5.41) is 3.72. The maximum atomic E-state index is 4.94. The Labute approximate surface area is 62.3 Å². The molecular formula is C8H14NO. The van der Waals surface area contributed by atoms with Gasteiger partial charge in [-0.3, -0.25) is 0 Å². The first-order chi connectivity index (χ1) is 4.93. The van der Waals surface area contributed by atoms with E-state index in [-0.39, 0.29) is 0 Å². The zero-order valence-corrected chi connectivity index (χ0v) is 6.47. The summed E-state index contributed by atoms with van der Waals surface area (Å²) in [4.78, 5) is 4.94. The third-order valence-corrected chi connectivity index (χ3v) is 1.47. The first-order valence-electron chi connectivity index (χ1n) is 4.01. The highest BCUT2D eigenvalue weighted by Gasteiger charge is 2.19. The van der Waals surface area contributed by atoms with E-state index in [2.05, 4.69) is 18.3 Å². The number of rotatable bonds is 5. The summed E-state index contributed by atoms with van der Waals surface area (Å²) in [5.74, 6) is 0.613. The van der Waals surface area contributed by atoms with Gasteiger partial charge >= 0.3 is 0 Å². The number of unbranched alkanes of at least 4 members (excludes halogenated alkanes) is 1. The third kappa shape index (κ3) is 3.49. The molecule has 1 radical (unpaired) electrons. The van der Waals surface area contributed by atoms with Crippen molar-refractivity contribution in [3.8, 4) is 0 Å². The van der Waals surface area contributed by atoms with E-state index in [0.29, 0.717) is 5.92 Å². The Morgan fingerprint density at radius 2 is 2.40 bits per heavy atom. The Bertz CT molecular complexity index is 108. The maximum Gasteiger partial charge on any atom is 0.117 e. The van der Waals surface area contributed by atoms with Crippen LogP contribution in [0.3, 0.4) is 0 Å². The lowest BCUT2D eigenvalue weighted by Gasteiger charge is -1.93. The van der Waals surface area contributed by atoms with E-state index in [9.17, 15) is 0 Å². The monoisotopic (exact) mass is 140 g/mol. The zero-order valence-electron chi connectivity index (χ0n) is 6.47. The Kier molecular flexibility index (Phi) is 3.27. The van der Waals surface area contributed by atoms with Gasteiger partial charge in [0.15, 0.2) is 0 Å². The molecule has 0 unspecified atom stereocenters. The second-order valence-electron chi connectivity index (χ2n) is 2.68. The van der Waals surface area contributed by atoms with Gasteiger partial charge in [-0.2, -0.15) is 0 Å². The van der Waals surface area contributed by atoms with Crippen LogP contribution in [-0.4, -0.2) is 12.8 Å². The first kappa shape index (κ1) is 7.58. The summed E-state index contributed by atoms with van der Waals surface area (Å²) < 4.78 is 0. The van der Waals surface area contributed by atoms with Crippen LogP contribution in [0.15, 0.2) is 5.16 Å². The molecule has 1 saturated carbocycles. The molecule has 2 nitrogen and oxygen atoms in total. The van der Waals surface area contributed by atoms with E-state index in [1.54, 1.807) is 0 Å². The molecule has 10 heavy (non-hydrogen) atoms. The molecule has 0 aliphatic heterocycles. The SMILES string of the molecule is CCCCO/N=[C]\C1CC1. The minimum absolute atomic E-state index is 0.613. The molecule has 1 fully saturated rings. The topological polar surface area (TPSA) is 21.6 Å². The highest BCUT2D eigenvalue weighted by atomic mass is 16.6. The molecule has 0 atom stereocenters. The van der Waals surface area contributed by atoms with Crippen LogP contribution in [0.1, 0.15) is 32.6 Å². The zero-order chi connectivity index (χ0) is 7.23. The molecular weight excluding hydrogens is 126 g/mol. The van der Waals surface area contributed by atoms with Gasteiger partial charge in [0, 0.05) is 5.92 Å². The Balaban J connectivity index is 1.83. The van der Waals surface area contributed by atoms with Crippen LogP contribution in [0.5, 0.6) is 0 Å². The van der Waals surface area contributed by atoms with Crippen molar-refractivity contribution in [3.63, 3.8) is 0 Å². The first-order valence-corrected chi connectivity index (χ1v) is 4.01. The van der Waals surface area contributed by atoms with Gasteiger partial charge in [0.2, 0.25) is 0 Å². The molecule has 0 amide bonds. The molecule has 0 heterocycles. The molecule has 1 aliphatic rings. The minimum Gasteiger partial charge on any atom is -0.396 e. The molecule has 2 heteroatoms. The number of nitrogens with zero attached hydrogens (tertiary/aromatic N) is 1. The van der Waals surface area contributed by atoms with Crippen LogP contribution in [0.25, 0.3) is 0 Å². The predicted molar refractivity (Wildman–Crippen MR) is 41.0 cm³/mol. The van der Waals surface area contributed by atoms with Gasteiger partial charge in [0.1, 0.15) is 12.8 Å². The smallest absolute Gasteiger partial charge is 0.117 e. The molecule has 0 aromatic heterocycles. The van der Waals surface area contributed by atoms with E-state index in [1.807, 2.05) is 0 Å². The highest BCUT2D eigenvalue weighted by Crippen LogP contribution is 2.26. The van der Waals surface area contributed by atoms with E-state index in [0.717, 1.165) is 13.0 Å². The van der Waals surface area contributed by atoms with Crippen molar-refractivity contribution >= 4 is 6.21 Å². The average molecular weight is 140 g/mol. The summed E-state index contributed by atoms with van der Waals surface area (Å²) in [6.07, 6.45) is 7.68. The van der Waals surface area contributed by atoms with Crippen LogP contribution in [0.4, 0.5) is 0 Å². The highest BCUT2D eigenvalue weighted by molar-refractivity contribution is 5.62. The van der Waals surface area contributed by atoms with Crippen molar-refractivity contribution in [1.29, 1.82) is 0 Å². The van der Waals surface area contributed by atoms with Gasteiger partial charge < -0.3 is 4.84 Å². The molecule has 0 spiro atoms. The molecule has 1 rings (SSSR count). The second-order valence-corrected chi connectivity index (χ2v) is 2.68. The van der Waals surface area contributed by atoms with Gasteiger partial charge in [0.05, 0.1) is 0 Å². The summed E-state index contributed by atoms with van der Waals surface area (Å²) in [6, 6.07) is 0. The van der Waals surface area contributed by atoms with Crippen LogP contribution in [-0.2, 0) is 4.84 Å². The maximum absolute atomic E-state index is 4.94. The standard InChI is InChI=1S/C8H14NO/c1-2-3-6-10-9-7-8-4-5-8/h8H,2-6H2,1H3. The van der Waals surface area contributed by atoms with Gasteiger partial charge in [0.25, 0.3) is 0 Å². The average Bonchev–Trinajstić information content (AvgIpc) is 2.71. The Morgan fingerprint density at radius 3 is 3.00 bits per heavy atom. The van der Waals surface area contributed by atoms with Crippen molar-refractivity contribution in [3.05, 3.63) is 0 Å². The fourth-order valence-corrected chi connectivity index (χ4v) is 0.579. The summed E-state index contributed by atoms with van der Waals surface area (Å²) >= 11 is 0. The normalized spacial score (nSPS) is 18.1. The molecule has 57 valence electrons. The van der Waals surface area contributed by atoms with E-state index >= 15 is 0 Å². The lowest BCUT2D eigenvalue weighted by molar-refractivity contribution is 0.142. The molecule has 0 bridgehead atoms. The Morgan fingerprint density at radius 1 is 1.60 bits per heavy atom. The van der Waals surface area contributed by atoms with Crippen molar-refractivity contribution in [2.45, 2.75) is 32.6 Å². The fourth-order valence-electron chi connectivity index (χ4n) is 0.579. The lowest BCUT2D eigenvalue weighted by atomic mass is 10.4. The third-order valence-electron chi connectivity index (χ3n) is 1.47. The van der Waals surface area contributed by atoms with E-state index in [4.69, 9.17) is 4.84 Å². The predicted octanol–water partition coefficient (Wildman–Crippen LogP) is 2.08. The van der Waals surface area contributed by atoms with E-state index < -0.39 is 0 Å². The summed E-state index contributed by atoms with van der Waals surface area (Å²) in [6.45, 7) is 2.88. The van der Waals surface area contributed by atoms with Crippen molar-refractivity contribution in [1.82, 2.24) is 0 Å². The fraction of sp³-hybridized carbons (Fsp3) is 0.875. The van der Waals surface area contributed by atoms with Crippen molar-refractivity contribution < 1.29 is 4.84 Å². The van der Waals surface area contributed by atoms with Crippen LogP contribution >= 0.6 is 0 Å². The molecule has 1 aliphatic carbocycles. The molecule has 0 saturated heterocycles. The summed E-state index contributed by atoms with van der Waals surface area (Å²) in [7, 11) is 0. The largest absolute Gasteiger partial charge is 0.396 e. The van der Waals surface area contributed by atoms with Gasteiger partial charge in [-0.15, -0.1) is 0 Å². The Hall–Kier alpha value is -0.530. The minimum atomic E-state index is 0.613. The van der Waals surface area contributed by atoms with Crippen LogP contribution in [0, 0.1) is 5.92 Å². The second kappa shape index (κ2) is 4.31. The quantitative estimate of drug-likeness (QED) is 0.325. The molecule has 0 N–H and O–H groups in total. The lowest BCUT2D eigenvalue weighted by Crippen LogP contribution is -1.87. The van der Waals surface area contributed by atoms with Gasteiger partial charge in [-0.1, -0.05) is 18.5 Å². The van der Waals surface area contributed by atoms with E-state index in [1.165, 1.54) is 19.3 Å². The molecule has 0 aromatic carbocycles. The summed E-state index contributed by atoms with van der Waals surface area (Å²) in [5.41, 5.74) is 0. The van der Waals surface area contributed by atoms with Gasteiger partial charge in [-0.05, 0) is 19.3 Å². The van der Waals surface area contributed by atoms with Gasteiger partial charge in [-0.25, -0.2) is 0 Å². The molecule has 0 aromatic rings. The number of hydrogen-bond donors (Lipinski definition) is 0. The van der Waals surface area contributed by atoms with Crippen LogP contribution in [0.2, 0.25) is 0 Å². The van der Waals surface area contributed by atoms with Crippen molar-refractivity contribution in [2.75, 3.05) is 6.61 Å². The van der Waals surface area contributed by atoms with Crippen molar-refractivity contribution in [2.24, 2.45) is 11.1 Å².